The van der Waals surface area contributed by atoms with E-state index >= 15 is 0 Å². The summed E-state index contributed by atoms with van der Waals surface area (Å²) in [5.41, 5.74) is 0. The van der Waals surface area contributed by atoms with Gasteiger partial charge in [-0.25, -0.2) is 0 Å². The first-order valence-corrected chi connectivity index (χ1v) is 3.96. The molecule has 3 heteroatoms. The van der Waals surface area contributed by atoms with E-state index in [0.717, 1.165) is 13.1 Å². The summed E-state index contributed by atoms with van der Waals surface area (Å²) in [7, 11) is 2.15. The van der Waals surface area contributed by atoms with Crippen molar-refractivity contribution in [2.24, 2.45) is 0 Å². The fraction of sp³-hybridized carbons (Fsp3) is 0.875. The van der Waals surface area contributed by atoms with E-state index in [1.165, 1.54) is 0 Å². The van der Waals surface area contributed by atoms with Crippen molar-refractivity contribution in [3.8, 4) is 0 Å². The minimum absolute atomic E-state index is 0. The Kier molecular flexibility index (Phi) is 5.55. The van der Waals surface area contributed by atoms with Crippen LogP contribution in [0.15, 0.2) is 0 Å². The number of rotatable bonds is 2. The van der Waals surface area contributed by atoms with E-state index in [4.69, 9.17) is 0 Å². The average Bonchev–Trinajstić information content (AvgIpc) is 2.13. The zero-order chi connectivity index (χ0) is 7.56. The molecule has 1 aliphatic rings. The van der Waals surface area contributed by atoms with Gasteiger partial charge in [0.15, 0.2) is 0 Å². The summed E-state index contributed by atoms with van der Waals surface area (Å²) in [4.78, 5) is 2.32. The van der Waals surface area contributed by atoms with E-state index in [1.807, 2.05) is 0 Å². The molecule has 1 rings (SSSR count). The van der Waals surface area contributed by atoms with Crippen LogP contribution < -0.4 is 5.32 Å². The predicted molar refractivity (Wildman–Crippen MR) is 43.9 cm³/mol. The van der Waals surface area contributed by atoms with Crippen LogP contribution >= 0.6 is 0 Å². The van der Waals surface area contributed by atoms with E-state index in [1.54, 1.807) is 0 Å². The molecule has 1 heterocycles. The molecule has 0 spiro atoms. The quantitative estimate of drug-likeness (QED) is 0.743. The minimum Gasteiger partial charge on any atom is -0.340 e. The standard InChI is InChI=1S/C8H17N2.Re/c1-7(2)9-8-4-5-10(3)6-8;/h4,7-9H,5-6H2,1-3H3;/q-1;. The molecule has 11 heavy (non-hydrogen) atoms. The molecule has 0 aromatic rings. The minimum atomic E-state index is 0. The van der Waals surface area contributed by atoms with Gasteiger partial charge in [-0.1, -0.05) is 13.8 Å². The molecular formula is C8H17N2Re-. The van der Waals surface area contributed by atoms with Crippen LogP contribution in [-0.4, -0.2) is 37.1 Å². The number of nitrogens with zero attached hydrogens (tertiary/aromatic N) is 1. The van der Waals surface area contributed by atoms with Gasteiger partial charge in [-0.15, -0.1) is 12.6 Å². The molecule has 1 atom stereocenters. The maximum atomic E-state index is 3.47. The predicted octanol–water partition coefficient (Wildman–Crippen LogP) is 0.500. The van der Waals surface area contributed by atoms with Gasteiger partial charge in [0.1, 0.15) is 0 Å². The zero-order valence-corrected chi connectivity index (χ0v) is 10.2. The molecule has 0 aromatic carbocycles. The molecule has 0 saturated carbocycles. The Labute approximate surface area is 83.4 Å². The molecule has 0 aliphatic carbocycles. The fourth-order valence-corrected chi connectivity index (χ4v) is 1.34. The Balaban J connectivity index is 0.000001000. The van der Waals surface area contributed by atoms with Crippen molar-refractivity contribution in [3.05, 3.63) is 6.42 Å². The average molecular weight is 327 g/mol. The monoisotopic (exact) mass is 328 g/mol. The summed E-state index contributed by atoms with van der Waals surface area (Å²) in [5, 5.41) is 3.47. The van der Waals surface area contributed by atoms with Gasteiger partial charge in [0.05, 0.1) is 0 Å². The Hall–Kier alpha value is 0.582. The van der Waals surface area contributed by atoms with Gasteiger partial charge in [0.25, 0.3) is 0 Å². The molecule has 1 saturated heterocycles. The summed E-state index contributed by atoms with van der Waals surface area (Å²) in [6.07, 6.45) is 2.33. The number of likely N-dealkylation sites (N-methyl/N-ethyl adjacent to an activating group) is 1. The van der Waals surface area contributed by atoms with Crippen molar-refractivity contribution in [1.82, 2.24) is 10.2 Å². The van der Waals surface area contributed by atoms with Gasteiger partial charge >= 0.3 is 0 Å². The second-order valence-corrected chi connectivity index (χ2v) is 3.38. The van der Waals surface area contributed by atoms with Crippen molar-refractivity contribution in [3.63, 3.8) is 0 Å². The maximum Gasteiger partial charge on any atom is 0 e. The van der Waals surface area contributed by atoms with Crippen LogP contribution in [0.1, 0.15) is 13.8 Å². The van der Waals surface area contributed by atoms with Crippen LogP contribution in [0.5, 0.6) is 0 Å². The molecule has 2 nitrogen and oxygen atoms in total. The Morgan fingerprint density at radius 2 is 2.18 bits per heavy atom. The van der Waals surface area contributed by atoms with Crippen LogP contribution in [0, 0.1) is 6.42 Å². The summed E-state index contributed by atoms with van der Waals surface area (Å²) in [6.45, 7) is 6.67. The maximum absolute atomic E-state index is 3.47. The van der Waals surface area contributed by atoms with Crippen molar-refractivity contribution in [2.45, 2.75) is 25.9 Å². The van der Waals surface area contributed by atoms with Gasteiger partial charge in [0.2, 0.25) is 0 Å². The molecule has 0 aromatic heterocycles. The third kappa shape index (κ3) is 4.23. The van der Waals surface area contributed by atoms with E-state index in [0.29, 0.717) is 12.1 Å². The number of hydrogen-bond acceptors (Lipinski definition) is 2. The normalized spacial score (nSPS) is 25.6. The SMILES string of the molecule is CC(C)NC1[CH-]CN(C)C1.[Re]. The largest absolute Gasteiger partial charge is 0.340 e. The Bertz CT molecular complexity index is 106. The first-order chi connectivity index (χ1) is 4.68. The summed E-state index contributed by atoms with van der Waals surface area (Å²) >= 11 is 0. The van der Waals surface area contributed by atoms with Crippen molar-refractivity contribution < 1.29 is 20.4 Å². The van der Waals surface area contributed by atoms with Gasteiger partial charge < -0.3 is 10.2 Å². The zero-order valence-electron chi connectivity index (χ0n) is 7.47. The Morgan fingerprint density at radius 3 is 2.55 bits per heavy atom. The van der Waals surface area contributed by atoms with Gasteiger partial charge in [-0.2, -0.15) is 0 Å². The van der Waals surface area contributed by atoms with Crippen LogP contribution in [0.3, 0.4) is 0 Å². The second-order valence-electron chi connectivity index (χ2n) is 3.38. The van der Waals surface area contributed by atoms with E-state index in [2.05, 4.69) is 37.5 Å². The van der Waals surface area contributed by atoms with Crippen LogP contribution in [0.4, 0.5) is 0 Å². The van der Waals surface area contributed by atoms with Gasteiger partial charge in [-0.3, -0.25) is 6.42 Å². The van der Waals surface area contributed by atoms with E-state index in [-0.39, 0.29) is 20.4 Å². The van der Waals surface area contributed by atoms with Crippen molar-refractivity contribution in [2.75, 3.05) is 20.1 Å². The smallest absolute Gasteiger partial charge is 0 e. The first kappa shape index (κ1) is 11.6. The third-order valence-electron chi connectivity index (χ3n) is 1.76. The summed E-state index contributed by atoms with van der Waals surface area (Å²) in [6, 6.07) is 1.22. The fourth-order valence-electron chi connectivity index (χ4n) is 1.34. The topological polar surface area (TPSA) is 15.3 Å². The first-order valence-electron chi connectivity index (χ1n) is 3.96. The molecule has 1 aliphatic heterocycles. The summed E-state index contributed by atoms with van der Waals surface area (Å²) < 4.78 is 0. The second kappa shape index (κ2) is 5.27. The van der Waals surface area contributed by atoms with Gasteiger partial charge in [-0.05, 0) is 19.6 Å². The number of nitrogens with one attached hydrogen (secondary N) is 1. The number of likely N-dealkylation sites (tertiary alicyclic amines) is 1. The van der Waals surface area contributed by atoms with E-state index < -0.39 is 0 Å². The molecular weight excluding hydrogens is 310 g/mol. The molecule has 1 radical (unpaired) electrons. The van der Waals surface area contributed by atoms with Gasteiger partial charge in [0, 0.05) is 20.4 Å². The molecule has 0 bridgehead atoms. The van der Waals surface area contributed by atoms with Crippen LogP contribution in [0.2, 0.25) is 0 Å². The van der Waals surface area contributed by atoms with Crippen molar-refractivity contribution in [1.29, 1.82) is 0 Å². The molecule has 0 amide bonds. The van der Waals surface area contributed by atoms with Crippen molar-refractivity contribution >= 4 is 0 Å². The van der Waals surface area contributed by atoms with E-state index in [9.17, 15) is 0 Å². The third-order valence-corrected chi connectivity index (χ3v) is 1.76. The number of hydrogen-bond donors (Lipinski definition) is 1. The molecule has 1 N–H and O–H groups in total. The molecule has 1 fully saturated rings. The van der Waals surface area contributed by atoms with Crippen LogP contribution in [0.25, 0.3) is 0 Å². The summed E-state index contributed by atoms with van der Waals surface area (Å²) in [5.74, 6) is 0. The molecule has 1 unspecified atom stereocenters. The Morgan fingerprint density at radius 1 is 1.55 bits per heavy atom. The van der Waals surface area contributed by atoms with Crippen LogP contribution in [-0.2, 0) is 20.4 Å². The molecule has 67 valence electrons.